The van der Waals surface area contributed by atoms with Gasteiger partial charge in [0, 0.05) is 30.9 Å². The Bertz CT molecular complexity index is 712. The summed E-state index contributed by atoms with van der Waals surface area (Å²) in [5.41, 5.74) is 4.10. The van der Waals surface area contributed by atoms with Crippen LogP contribution in [0.15, 0.2) is 42.7 Å². The quantitative estimate of drug-likeness (QED) is 0.875. The lowest BCUT2D eigenvalue weighted by Gasteiger charge is -2.55. The lowest BCUT2D eigenvalue weighted by Crippen LogP contribution is -2.57. The van der Waals surface area contributed by atoms with E-state index in [0.717, 1.165) is 24.1 Å². The highest BCUT2D eigenvalue weighted by Gasteiger charge is 2.50. The van der Waals surface area contributed by atoms with E-state index in [-0.39, 0.29) is 0 Å². The minimum absolute atomic E-state index is 0.589. The van der Waals surface area contributed by atoms with E-state index in [4.69, 9.17) is 4.74 Å². The second-order valence-corrected chi connectivity index (χ2v) is 7.62. The van der Waals surface area contributed by atoms with E-state index < -0.39 is 0 Å². The second-order valence-electron chi connectivity index (χ2n) is 7.62. The predicted molar refractivity (Wildman–Crippen MR) is 101 cm³/mol. The van der Waals surface area contributed by atoms with Gasteiger partial charge in [-0.15, -0.1) is 0 Å². The number of rotatable bonds is 5. The van der Waals surface area contributed by atoms with Crippen molar-refractivity contribution in [3.05, 3.63) is 59.4 Å². The summed E-state index contributed by atoms with van der Waals surface area (Å²) in [7, 11) is 1.73. The van der Waals surface area contributed by atoms with Crippen LogP contribution in [0, 0.1) is 18.8 Å². The van der Waals surface area contributed by atoms with Gasteiger partial charge in [-0.05, 0) is 66.5 Å². The minimum atomic E-state index is 0.589. The molecule has 3 heteroatoms. The molecule has 2 aliphatic carbocycles. The van der Waals surface area contributed by atoms with E-state index in [2.05, 4.69) is 47.6 Å². The number of nitrogens with one attached hydrogen (secondary N) is 1. The fraction of sp³-hybridized carbons (Fsp3) is 0.500. The molecule has 1 aromatic heterocycles. The van der Waals surface area contributed by atoms with E-state index in [1.165, 1.54) is 42.4 Å². The number of aryl methyl sites for hydroxylation is 1. The fourth-order valence-electron chi connectivity index (χ4n) is 4.95. The first-order valence-corrected chi connectivity index (χ1v) is 9.55. The molecule has 0 spiro atoms. The largest absolute Gasteiger partial charge is 0.497 e. The predicted octanol–water partition coefficient (Wildman–Crippen LogP) is 4.46. The molecule has 0 aliphatic heterocycles. The number of hydrogen-bond acceptors (Lipinski definition) is 3. The molecule has 4 atom stereocenters. The normalized spacial score (nSPS) is 28.1. The zero-order chi connectivity index (χ0) is 17.2. The maximum Gasteiger partial charge on any atom is 0.118 e. The molecule has 0 amide bonds. The smallest absolute Gasteiger partial charge is 0.118 e. The van der Waals surface area contributed by atoms with Crippen LogP contribution in [-0.2, 0) is 6.54 Å². The number of hydrogen-bond donors (Lipinski definition) is 1. The third kappa shape index (κ3) is 3.18. The Morgan fingerprint density at radius 3 is 2.56 bits per heavy atom. The van der Waals surface area contributed by atoms with Crippen LogP contribution >= 0.6 is 0 Å². The Kier molecular flexibility index (Phi) is 4.76. The van der Waals surface area contributed by atoms with Gasteiger partial charge in [0.25, 0.3) is 0 Å². The van der Waals surface area contributed by atoms with Gasteiger partial charge in [0.1, 0.15) is 5.75 Å². The number of aromatic nitrogens is 1. The molecule has 0 bridgehead atoms. The van der Waals surface area contributed by atoms with Gasteiger partial charge in [0.2, 0.25) is 0 Å². The molecule has 2 aliphatic rings. The number of ether oxygens (including phenoxy) is 1. The van der Waals surface area contributed by atoms with Crippen molar-refractivity contribution in [3.63, 3.8) is 0 Å². The van der Waals surface area contributed by atoms with Crippen molar-refractivity contribution in [1.29, 1.82) is 0 Å². The average molecular weight is 336 g/mol. The number of fused-ring (bicyclic) bond motifs is 1. The Hall–Kier alpha value is -1.87. The van der Waals surface area contributed by atoms with Crippen molar-refractivity contribution in [1.82, 2.24) is 10.3 Å². The Morgan fingerprint density at radius 2 is 1.84 bits per heavy atom. The van der Waals surface area contributed by atoms with Crippen LogP contribution in [-0.4, -0.2) is 18.1 Å². The van der Waals surface area contributed by atoms with Crippen LogP contribution in [0.3, 0.4) is 0 Å². The van der Waals surface area contributed by atoms with Crippen molar-refractivity contribution >= 4 is 0 Å². The molecule has 132 valence electrons. The number of nitrogens with zero attached hydrogens (tertiary/aromatic N) is 1. The molecule has 0 radical (unpaired) electrons. The van der Waals surface area contributed by atoms with Gasteiger partial charge in [-0.1, -0.05) is 25.0 Å². The number of benzene rings is 1. The summed E-state index contributed by atoms with van der Waals surface area (Å²) in [6, 6.07) is 11.5. The SMILES string of the molecule is COc1ccc([C@H]2C3CCCCC3[C@@H]2NCc2ccncc2C)cc1. The van der Waals surface area contributed by atoms with Crippen LogP contribution in [0.5, 0.6) is 5.75 Å². The van der Waals surface area contributed by atoms with E-state index >= 15 is 0 Å². The molecule has 2 fully saturated rings. The van der Waals surface area contributed by atoms with Gasteiger partial charge < -0.3 is 10.1 Å². The van der Waals surface area contributed by atoms with Gasteiger partial charge in [-0.25, -0.2) is 0 Å². The molecule has 2 saturated carbocycles. The second kappa shape index (κ2) is 7.17. The molecule has 25 heavy (non-hydrogen) atoms. The van der Waals surface area contributed by atoms with Crippen LogP contribution in [0.4, 0.5) is 0 Å². The molecule has 4 rings (SSSR count). The van der Waals surface area contributed by atoms with E-state index in [1.54, 1.807) is 7.11 Å². The van der Waals surface area contributed by atoms with E-state index in [0.29, 0.717) is 12.0 Å². The lowest BCUT2D eigenvalue weighted by atomic mass is 9.53. The summed E-state index contributed by atoms with van der Waals surface area (Å²) < 4.78 is 5.33. The van der Waals surface area contributed by atoms with Gasteiger partial charge in [-0.2, -0.15) is 0 Å². The summed E-state index contributed by atoms with van der Waals surface area (Å²) in [6.07, 6.45) is 9.41. The highest BCUT2D eigenvalue weighted by molar-refractivity contribution is 5.34. The Morgan fingerprint density at radius 1 is 1.08 bits per heavy atom. The zero-order valence-electron chi connectivity index (χ0n) is 15.2. The maximum atomic E-state index is 5.33. The Labute approximate surface area is 150 Å². The van der Waals surface area contributed by atoms with Crippen LogP contribution < -0.4 is 10.1 Å². The molecule has 2 unspecified atom stereocenters. The zero-order valence-corrected chi connectivity index (χ0v) is 15.2. The molecule has 3 nitrogen and oxygen atoms in total. The van der Waals surface area contributed by atoms with Crippen molar-refractivity contribution in [2.75, 3.05) is 7.11 Å². The highest BCUT2D eigenvalue weighted by atomic mass is 16.5. The number of pyridine rings is 1. The standard InChI is InChI=1S/C22H28N2O/c1-15-13-23-12-11-17(15)14-24-22-20-6-4-3-5-19(20)21(22)16-7-9-18(25-2)10-8-16/h7-13,19-22,24H,3-6,14H2,1-2H3/t19?,20?,21-,22-/m0/s1. The summed E-state index contributed by atoms with van der Waals surface area (Å²) in [6.45, 7) is 3.09. The molecule has 2 aromatic rings. The van der Waals surface area contributed by atoms with Crippen LogP contribution in [0.2, 0.25) is 0 Å². The summed E-state index contributed by atoms with van der Waals surface area (Å²) in [5, 5.41) is 3.89. The van der Waals surface area contributed by atoms with Gasteiger partial charge in [-0.3, -0.25) is 4.98 Å². The van der Waals surface area contributed by atoms with Crippen molar-refractivity contribution < 1.29 is 4.74 Å². The van der Waals surface area contributed by atoms with Crippen molar-refractivity contribution in [2.24, 2.45) is 11.8 Å². The van der Waals surface area contributed by atoms with Gasteiger partial charge >= 0.3 is 0 Å². The lowest BCUT2D eigenvalue weighted by molar-refractivity contribution is 0.0253. The van der Waals surface area contributed by atoms with Crippen molar-refractivity contribution in [3.8, 4) is 5.75 Å². The van der Waals surface area contributed by atoms with Crippen LogP contribution in [0.25, 0.3) is 0 Å². The average Bonchev–Trinajstić information content (AvgIpc) is 2.65. The summed E-state index contributed by atoms with van der Waals surface area (Å²) >= 11 is 0. The third-order valence-electron chi connectivity index (χ3n) is 6.35. The van der Waals surface area contributed by atoms with Gasteiger partial charge in [0.05, 0.1) is 7.11 Å². The fourth-order valence-corrected chi connectivity index (χ4v) is 4.95. The molecular formula is C22H28N2O. The Balaban J connectivity index is 1.52. The topological polar surface area (TPSA) is 34.1 Å². The number of methoxy groups -OCH3 is 1. The monoisotopic (exact) mass is 336 g/mol. The first-order valence-electron chi connectivity index (χ1n) is 9.55. The van der Waals surface area contributed by atoms with E-state index in [9.17, 15) is 0 Å². The maximum absolute atomic E-state index is 5.33. The summed E-state index contributed by atoms with van der Waals surface area (Å²) in [5.74, 6) is 3.26. The summed E-state index contributed by atoms with van der Waals surface area (Å²) in [4.78, 5) is 4.21. The molecular weight excluding hydrogens is 308 g/mol. The first kappa shape index (κ1) is 16.6. The molecule has 0 saturated heterocycles. The third-order valence-corrected chi connectivity index (χ3v) is 6.35. The van der Waals surface area contributed by atoms with Crippen LogP contribution in [0.1, 0.15) is 48.3 Å². The van der Waals surface area contributed by atoms with Crippen molar-refractivity contribution in [2.45, 2.75) is 51.1 Å². The highest BCUT2D eigenvalue weighted by Crippen LogP contribution is 2.54. The van der Waals surface area contributed by atoms with E-state index in [1.807, 2.05) is 12.4 Å². The minimum Gasteiger partial charge on any atom is -0.497 e. The first-order chi connectivity index (χ1) is 12.3. The molecule has 1 N–H and O–H groups in total. The molecule has 1 aromatic carbocycles. The van der Waals surface area contributed by atoms with Gasteiger partial charge in [0.15, 0.2) is 0 Å². The molecule has 1 heterocycles.